The lowest BCUT2D eigenvalue weighted by Gasteiger charge is -2.12. The van der Waals surface area contributed by atoms with Crippen molar-refractivity contribution in [3.63, 3.8) is 0 Å². The van der Waals surface area contributed by atoms with Gasteiger partial charge in [-0.1, -0.05) is 0 Å². The van der Waals surface area contributed by atoms with E-state index < -0.39 is 0 Å². The van der Waals surface area contributed by atoms with Crippen LogP contribution in [0.25, 0.3) is 0 Å². The van der Waals surface area contributed by atoms with Crippen LogP contribution in [0.2, 0.25) is 0 Å². The van der Waals surface area contributed by atoms with Crippen molar-refractivity contribution in [1.29, 1.82) is 0 Å². The predicted octanol–water partition coefficient (Wildman–Crippen LogP) is 1.75. The Balaban J connectivity index is 0.00000324. The van der Waals surface area contributed by atoms with E-state index in [-0.39, 0.29) is 24.0 Å². The molecule has 3 N–H and O–H groups in total. The van der Waals surface area contributed by atoms with Gasteiger partial charge in [-0.25, -0.2) is 0 Å². The maximum atomic E-state index is 5.82. The van der Waals surface area contributed by atoms with Gasteiger partial charge in [0.25, 0.3) is 0 Å². The molecule has 5 nitrogen and oxygen atoms in total. The number of nitrogens with one attached hydrogen (secondary N) is 1. The molecule has 0 atom stereocenters. The van der Waals surface area contributed by atoms with Gasteiger partial charge in [0.05, 0.1) is 0 Å². The Bertz CT molecular complexity index is 258. The largest absolute Gasteiger partial charge is 0.385 e. The van der Waals surface area contributed by atoms with E-state index in [0.717, 1.165) is 45.8 Å². The molecule has 0 radical (unpaired) electrons. The highest BCUT2D eigenvalue weighted by atomic mass is 127. The van der Waals surface area contributed by atoms with Crippen LogP contribution in [0.1, 0.15) is 32.6 Å². The molecule has 0 spiro atoms. The first-order valence-corrected chi connectivity index (χ1v) is 6.83. The number of guanidine groups is 1. The Morgan fingerprint density at radius 2 is 2.11 bits per heavy atom. The number of rotatable bonds is 10. The van der Waals surface area contributed by atoms with Crippen LogP contribution in [-0.4, -0.2) is 46.0 Å². The topological polar surface area (TPSA) is 68.9 Å². The molecule has 0 bridgehead atoms. The summed E-state index contributed by atoms with van der Waals surface area (Å²) in [5.74, 6) is 0.551. The van der Waals surface area contributed by atoms with E-state index in [1.54, 1.807) is 7.11 Å². The van der Waals surface area contributed by atoms with Crippen LogP contribution in [0.5, 0.6) is 0 Å². The van der Waals surface area contributed by atoms with Gasteiger partial charge >= 0.3 is 0 Å². The van der Waals surface area contributed by atoms with E-state index in [0.29, 0.717) is 11.4 Å². The second kappa shape index (κ2) is 10.7. The summed E-state index contributed by atoms with van der Waals surface area (Å²) in [5.41, 5.74) is 6.19. The number of ether oxygens (including phenoxy) is 2. The zero-order valence-corrected chi connectivity index (χ0v) is 14.4. The average Bonchev–Trinajstić information content (AvgIpc) is 3.14. The summed E-state index contributed by atoms with van der Waals surface area (Å²) in [4.78, 5) is 4.42. The first-order valence-electron chi connectivity index (χ1n) is 6.83. The molecule has 0 saturated heterocycles. The van der Waals surface area contributed by atoms with E-state index in [4.69, 9.17) is 15.2 Å². The highest BCUT2D eigenvalue weighted by molar-refractivity contribution is 14.0. The quantitative estimate of drug-likeness (QED) is 0.260. The molecule has 0 aromatic carbocycles. The molecular formula is C13H28IN3O2. The van der Waals surface area contributed by atoms with Crippen molar-refractivity contribution in [2.24, 2.45) is 16.1 Å². The van der Waals surface area contributed by atoms with Crippen molar-refractivity contribution < 1.29 is 9.47 Å². The van der Waals surface area contributed by atoms with Crippen molar-refractivity contribution in [3.05, 3.63) is 0 Å². The molecule has 1 aliphatic carbocycles. The molecule has 0 aliphatic heterocycles. The Hall–Kier alpha value is -0.0800. The summed E-state index contributed by atoms with van der Waals surface area (Å²) >= 11 is 0. The van der Waals surface area contributed by atoms with Crippen LogP contribution in [-0.2, 0) is 9.47 Å². The number of aliphatic imine (C=N–C) groups is 1. The minimum absolute atomic E-state index is 0. The van der Waals surface area contributed by atoms with Gasteiger partial charge in [0.2, 0.25) is 0 Å². The molecule has 114 valence electrons. The summed E-state index contributed by atoms with van der Waals surface area (Å²) < 4.78 is 10.4. The minimum atomic E-state index is 0. The molecule has 1 rings (SSSR count). The maximum absolute atomic E-state index is 5.82. The lowest BCUT2D eigenvalue weighted by molar-refractivity contribution is 0.145. The van der Waals surface area contributed by atoms with Gasteiger partial charge in [0, 0.05) is 40.0 Å². The van der Waals surface area contributed by atoms with Crippen molar-refractivity contribution in [2.45, 2.75) is 32.6 Å². The highest BCUT2D eigenvalue weighted by Crippen LogP contribution is 2.48. The monoisotopic (exact) mass is 385 g/mol. The number of hydrogen-bond acceptors (Lipinski definition) is 3. The fourth-order valence-corrected chi connectivity index (χ4v) is 1.83. The molecule has 0 aromatic rings. The Morgan fingerprint density at radius 1 is 1.37 bits per heavy atom. The molecule has 1 saturated carbocycles. The van der Waals surface area contributed by atoms with E-state index in [1.165, 1.54) is 12.8 Å². The van der Waals surface area contributed by atoms with Crippen LogP contribution in [0.15, 0.2) is 4.99 Å². The van der Waals surface area contributed by atoms with E-state index in [1.807, 2.05) is 6.92 Å². The number of nitrogens with zero attached hydrogens (tertiary/aromatic N) is 1. The third-order valence-electron chi connectivity index (χ3n) is 3.35. The van der Waals surface area contributed by atoms with Crippen LogP contribution >= 0.6 is 24.0 Å². The SMILES string of the molecule is CCOCCCNC(N)=NCC1(CCOC)CC1.I. The van der Waals surface area contributed by atoms with Crippen LogP contribution in [0.4, 0.5) is 0 Å². The highest BCUT2D eigenvalue weighted by Gasteiger charge is 2.41. The number of hydrogen-bond donors (Lipinski definition) is 2. The third-order valence-corrected chi connectivity index (χ3v) is 3.35. The lowest BCUT2D eigenvalue weighted by Crippen LogP contribution is -2.33. The van der Waals surface area contributed by atoms with Gasteiger partial charge in [-0.05, 0) is 38.0 Å². The molecular weight excluding hydrogens is 357 g/mol. The average molecular weight is 385 g/mol. The molecule has 1 fully saturated rings. The minimum Gasteiger partial charge on any atom is -0.385 e. The molecule has 0 aromatic heterocycles. The van der Waals surface area contributed by atoms with Crippen molar-refractivity contribution in [3.8, 4) is 0 Å². The molecule has 0 amide bonds. The fraction of sp³-hybridized carbons (Fsp3) is 0.923. The zero-order chi connectivity index (χ0) is 13.3. The van der Waals surface area contributed by atoms with Crippen LogP contribution in [0.3, 0.4) is 0 Å². The second-order valence-electron chi connectivity index (χ2n) is 4.92. The molecule has 1 aliphatic rings. The molecule has 0 unspecified atom stereocenters. The van der Waals surface area contributed by atoms with Crippen LogP contribution < -0.4 is 11.1 Å². The van der Waals surface area contributed by atoms with Gasteiger partial charge in [-0.2, -0.15) is 0 Å². The molecule has 0 heterocycles. The summed E-state index contributed by atoms with van der Waals surface area (Å²) in [7, 11) is 1.74. The van der Waals surface area contributed by atoms with E-state index in [2.05, 4.69) is 10.3 Å². The zero-order valence-electron chi connectivity index (χ0n) is 12.1. The Labute approximate surface area is 133 Å². The second-order valence-corrected chi connectivity index (χ2v) is 4.92. The smallest absolute Gasteiger partial charge is 0.188 e. The van der Waals surface area contributed by atoms with Gasteiger partial charge in [-0.3, -0.25) is 4.99 Å². The van der Waals surface area contributed by atoms with Crippen LogP contribution in [0, 0.1) is 5.41 Å². The van der Waals surface area contributed by atoms with Gasteiger partial charge in [-0.15, -0.1) is 24.0 Å². The summed E-state index contributed by atoms with van der Waals surface area (Å²) in [6.45, 7) is 6.00. The Kier molecular flexibility index (Phi) is 10.6. The first kappa shape index (κ1) is 18.9. The molecule has 6 heteroatoms. The first-order chi connectivity index (χ1) is 8.72. The predicted molar refractivity (Wildman–Crippen MR) is 89.2 cm³/mol. The molecule has 19 heavy (non-hydrogen) atoms. The summed E-state index contributed by atoms with van der Waals surface area (Å²) in [6, 6.07) is 0. The van der Waals surface area contributed by atoms with Crippen molar-refractivity contribution >= 4 is 29.9 Å². The fourth-order valence-electron chi connectivity index (χ4n) is 1.83. The van der Waals surface area contributed by atoms with Gasteiger partial charge in [0.1, 0.15) is 0 Å². The number of halogens is 1. The maximum Gasteiger partial charge on any atom is 0.188 e. The summed E-state index contributed by atoms with van der Waals surface area (Å²) in [6.07, 6.45) is 4.54. The number of nitrogens with two attached hydrogens (primary N) is 1. The van der Waals surface area contributed by atoms with E-state index in [9.17, 15) is 0 Å². The van der Waals surface area contributed by atoms with Gasteiger partial charge < -0.3 is 20.5 Å². The van der Waals surface area contributed by atoms with Crippen molar-refractivity contribution in [1.82, 2.24) is 5.32 Å². The lowest BCUT2D eigenvalue weighted by atomic mass is 10.0. The third kappa shape index (κ3) is 8.65. The standard InChI is InChI=1S/C13H27N3O2.HI/c1-3-18-9-4-8-15-12(14)16-11-13(5-6-13)7-10-17-2;/h3-11H2,1-2H3,(H3,14,15,16);1H. The normalized spacial score (nSPS) is 16.8. The van der Waals surface area contributed by atoms with Gasteiger partial charge in [0.15, 0.2) is 5.96 Å². The summed E-state index contributed by atoms with van der Waals surface area (Å²) in [5, 5.41) is 3.11. The Morgan fingerprint density at radius 3 is 2.68 bits per heavy atom. The number of methoxy groups -OCH3 is 1. The van der Waals surface area contributed by atoms with E-state index >= 15 is 0 Å². The van der Waals surface area contributed by atoms with Crippen molar-refractivity contribution in [2.75, 3.05) is 40.0 Å².